The predicted octanol–water partition coefficient (Wildman–Crippen LogP) is 4.75. The number of rotatable bonds is 6. The predicted molar refractivity (Wildman–Crippen MR) is 106 cm³/mol. The van der Waals surface area contributed by atoms with Crippen LogP contribution in [0.3, 0.4) is 0 Å². The number of amides is 2. The largest absolute Gasteiger partial charge is 0.459 e. The number of fused-ring (bicyclic) bond motifs is 1. The molecule has 0 saturated carbocycles. The van der Waals surface area contributed by atoms with Gasteiger partial charge in [-0.05, 0) is 42.2 Å². The van der Waals surface area contributed by atoms with Gasteiger partial charge in [-0.2, -0.15) is 0 Å². The molecule has 2 amide bonds. The van der Waals surface area contributed by atoms with Crippen molar-refractivity contribution in [1.29, 1.82) is 0 Å². The molecule has 1 heterocycles. The average molecular weight is 420 g/mol. The number of esters is 1. The van der Waals surface area contributed by atoms with Crippen LogP contribution in [0.25, 0.3) is 0 Å². The van der Waals surface area contributed by atoms with Crippen molar-refractivity contribution in [3.63, 3.8) is 0 Å². The lowest BCUT2D eigenvalue weighted by molar-refractivity contribution is -0.150. The number of halogens is 2. The zero-order valence-electron chi connectivity index (χ0n) is 15.4. The van der Waals surface area contributed by atoms with Crippen LogP contribution < -0.4 is 0 Å². The number of ether oxygens (including phenoxy) is 1. The molecule has 7 heteroatoms. The molecule has 1 aliphatic heterocycles. The first kappa shape index (κ1) is 20.4. The summed E-state index contributed by atoms with van der Waals surface area (Å²) in [5.41, 5.74) is 1.27. The third kappa shape index (κ3) is 4.05. The van der Waals surface area contributed by atoms with Crippen molar-refractivity contribution in [2.75, 3.05) is 0 Å². The molecule has 1 aliphatic rings. The summed E-state index contributed by atoms with van der Waals surface area (Å²) in [5.74, 6) is -1.50. The Labute approximate surface area is 173 Å². The molecule has 28 heavy (non-hydrogen) atoms. The maximum Gasteiger partial charge on any atom is 0.329 e. The van der Waals surface area contributed by atoms with Crippen LogP contribution in [0.5, 0.6) is 0 Å². The van der Waals surface area contributed by atoms with Crippen molar-refractivity contribution in [3.8, 4) is 0 Å². The minimum Gasteiger partial charge on any atom is -0.459 e. The number of benzene rings is 2. The van der Waals surface area contributed by atoms with Gasteiger partial charge in [-0.25, -0.2) is 4.79 Å². The minimum absolute atomic E-state index is 0.0342. The van der Waals surface area contributed by atoms with Gasteiger partial charge in [-0.1, -0.05) is 55.2 Å². The fraction of sp³-hybridized carbons (Fsp3) is 0.286. The van der Waals surface area contributed by atoms with E-state index in [4.69, 9.17) is 27.9 Å². The van der Waals surface area contributed by atoms with E-state index in [-0.39, 0.29) is 12.5 Å². The van der Waals surface area contributed by atoms with Crippen LogP contribution in [0.2, 0.25) is 10.0 Å². The molecule has 2 aromatic rings. The van der Waals surface area contributed by atoms with Gasteiger partial charge in [-0.3, -0.25) is 14.5 Å². The fourth-order valence-electron chi connectivity index (χ4n) is 3.12. The quantitative estimate of drug-likeness (QED) is 0.500. The lowest BCUT2D eigenvalue weighted by atomic mass is 10.0. The SMILES string of the molecule is CC(C)CC(C(=O)OCc1ccc(Cl)c(Cl)c1)N1C(=O)c2ccccc2C1=O. The number of hydrogen-bond donors (Lipinski definition) is 0. The van der Waals surface area contributed by atoms with Gasteiger partial charge < -0.3 is 4.74 Å². The van der Waals surface area contributed by atoms with Crippen molar-refractivity contribution in [3.05, 3.63) is 69.2 Å². The van der Waals surface area contributed by atoms with Gasteiger partial charge in [0.1, 0.15) is 12.6 Å². The number of nitrogens with zero attached hydrogens (tertiary/aromatic N) is 1. The van der Waals surface area contributed by atoms with E-state index >= 15 is 0 Å². The topological polar surface area (TPSA) is 63.7 Å². The number of carbonyl (C=O) groups excluding carboxylic acids is 3. The standard InChI is InChI=1S/C21H19Cl2NO4/c1-12(2)9-18(21(27)28-11-13-7-8-16(22)17(23)10-13)24-19(25)14-5-3-4-6-15(14)20(24)26/h3-8,10,12,18H,9,11H2,1-2H3. The normalized spacial score (nSPS) is 14.4. The highest BCUT2D eigenvalue weighted by atomic mass is 35.5. The van der Waals surface area contributed by atoms with Gasteiger partial charge in [0.2, 0.25) is 0 Å². The second kappa shape index (κ2) is 8.33. The Balaban J connectivity index is 1.80. The van der Waals surface area contributed by atoms with Crippen molar-refractivity contribution in [1.82, 2.24) is 4.90 Å². The fourth-order valence-corrected chi connectivity index (χ4v) is 3.45. The Morgan fingerprint density at radius 2 is 1.61 bits per heavy atom. The van der Waals surface area contributed by atoms with Crippen LogP contribution >= 0.6 is 23.2 Å². The molecular weight excluding hydrogens is 401 g/mol. The molecule has 1 atom stereocenters. The highest BCUT2D eigenvalue weighted by molar-refractivity contribution is 6.42. The molecule has 3 rings (SSSR count). The summed E-state index contributed by atoms with van der Waals surface area (Å²) in [6, 6.07) is 10.5. The van der Waals surface area contributed by atoms with Gasteiger partial charge >= 0.3 is 5.97 Å². The van der Waals surface area contributed by atoms with Crippen LogP contribution in [-0.4, -0.2) is 28.7 Å². The van der Waals surface area contributed by atoms with Crippen LogP contribution in [0, 0.1) is 5.92 Å². The maximum absolute atomic E-state index is 12.8. The number of carbonyl (C=O) groups is 3. The summed E-state index contributed by atoms with van der Waals surface area (Å²) in [7, 11) is 0. The molecule has 0 spiro atoms. The Morgan fingerprint density at radius 1 is 1.00 bits per heavy atom. The van der Waals surface area contributed by atoms with E-state index in [1.807, 2.05) is 13.8 Å². The third-order valence-electron chi connectivity index (χ3n) is 4.47. The van der Waals surface area contributed by atoms with Gasteiger partial charge in [0.05, 0.1) is 21.2 Å². The maximum atomic E-state index is 12.8. The Bertz CT molecular complexity index is 907. The molecule has 146 valence electrons. The van der Waals surface area contributed by atoms with Crippen LogP contribution in [-0.2, 0) is 16.1 Å². The van der Waals surface area contributed by atoms with Crippen molar-refractivity contribution < 1.29 is 19.1 Å². The van der Waals surface area contributed by atoms with E-state index in [1.54, 1.807) is 42.5 Å². The summed E-state index contributed by atoms with van der Waals surface area (Å²) >= 11 is 11.9. The van der Waals surface area contributed by atoms with E-state index in [0.29, 0.717) is 33.2 Å². The molecule has 1 unspecified atom stereocenters. The third-order valence-corrected chi connectivity index (χ3v) is 5.21. The lowest BCUT2D eigenvalue weighted by Gasteiger charge is -2.26. The van der Waals surface area contributed by atoms with Crippen LogP contribution in [0.15, 0.2) is 42.5 Å². The minimum atomic E-state index is -0.991. The zero-order valence-corrected chi connectivity index (χ0v) is 17.0. The Kier molecular flexibility index (Phi) is 6.06. The van der Waals surface area contributed by atoms with E-state index < -0.39 is 23.8 Å². The highest BCUT2D eigenvalue weighted by Gasteiger charge is 2.43. The molecule has 0 aliphatic carbocycles. The lowest BCUT2D eigenvalue weighted by Crippen LogP contribution is -2.46. The first-order chi connectivity index (χ1) is 13.3. The van der Waals surface area contributed by atoms with Gasteiger partial charge in [0.25, 0.3) is 11.8 Å². The molecule has 0 aromatic heterocycles. The first-order valence-corrected chi connectivity index (χ1v) is 9.62. The van der Waals surface area contributed by atoms with Gasteiger partial charge in [-0.15, -0.1) is 0 Å². The molecule has 2 aromatic carbocycles. The molecule has 5 nitrogen and oxygen atoms in total. The van der Waals surface area contributed by atoms with E-state index in [0.717, 1.165) is 4.90 Å². The molecule has 0 saturated heterocycles. The summed E-state index contributed by atoms with van der Waals surface area (Å²) < 4.78 is 5.41. The van der Waals surface area contributed by atoms with Gasteiger partial charge in [0.15, 0.2) is 0 Å². The van der Waals surface area contributed by atoms with Crippen molar-refractivity contribution >= 4 is 41.0 Å². The second-order valence-electron chi connectivity index (χ2n) is 7.03. The van der Waals surface area contributed by atoms with E-state index in [9.17, 15) is 14.4 Å². The van der Waals surface area contributed by atoms with Crippen molar-refractivity contribution in [2.45, 2.75) is 32.9 Å². The molecule has 0 bridgehead atoms. The average Bonchev–Trinajstić information content (AvgIpc) is 2.91. The summed E-state index contributed by atoms with van der Waals surface area (Å²) in [6.45, 7) is 3.79. The molecule has 0 N–H and O–H groups in total. The van der Waals surface area contributed by atoms with Crippen LogP contribution in [0.1, 0.15) is 46.5 Å². The molecule has 0 fully saturated rings. The van der Waals surface area contributed by atoms with Crippen molar-refractivity contribution in [2.24, 2.45) is 5.92 Å². The number of imide groups is 1. The van der Waals surface area contributed by atoms with Gasteiger partial charge in [0, 0.05) is 0 Å². The highest BCUT2D eigenvalue weighted by Crippen LogP contribution is 2.28. The Hall–Kier alpha value is -2.37. The summed E-state index contributed by atoms with van der Waals surface area (Å²) in [6.07, 6.45) is 0.311. The Morgan fingerprint density at radius 3 is 2.14 bits per heavy atom. The summed E-state index contributed by atoms with van der Waals surface area (Å²) in [4.78, 5) is 39.3. The molecule has 0 radical (unpaired) electrons. The monoisotopic (exact) mass is 419 g/mol. The first-order valence-electron chi connectivity index (χ1n) is 8.87. The van der Waals surface area contributed by atoms with E-state index in [1.165, 1.54) is 0 Å². The van der Waals surface area contributed by atoms with E-state index in [2.05, 4.69) is 0 Å². The second-order valence-corrected chi connectivity index (χ2v) is 7.84. The smallest absolute Gasteiger partial charge is 0.329 e. The molecular formula is C21H19Cl2NO4. The summed E-state index contributed by atoms with van der Waals surface area (Å²) in [5, 5.41) is 0.759. The van der Waals surface area contributed by atoms with Crippen LogP contribution in [0.4, 0.5) is 0 Å². The zero-order chi connectivity index (χ0) is 20.4. The number of hydrogen-bond acceptors (Lipinski definition) is 4.